The number of carbonyl (C=O) groups excluding carboxylic acids is 2. The molecule has 0 aromatic heterocycles. The Morgan fingerprint density at radius 2 is 1.67 bits per heavy atom. The second-order valence-electron chi connectivity index (χ2n) is 6.06. The zero-order chi connectivity index (χ0) is 14.8. The van der Waals surface area contributed by atoms with Gasteiger partial charge in [-0.1, -0.05) is 0 Å². The molecule has 0 saturated heterocycles. The number of nitrogens with two attached hydrogens (primary N) is 1. The summed E-state index contributed by atoms with van der Waals surface area (Å²) < 4.78 is 0. The molecule has 2 aliphatic rings. The van der Waals surface area contributed by atoms with E-state index in [2.05, 4.69) is 10.6 Å². The van der Waals surface area contributed by atoms with Crippen LogP contribution in [0.2, 0.25) is 0 Å². The van der Waals surface area contributed by atoms with Crippen molar-refractivity contribution in [3.63, 3.8) is 0 Å². The molecule has 1 aromatic rings. The van der Waals surface area contributed by atoms with Crippen molar-refractivity contribution in [1.29, 1.82) is 0 Å². The van der Waals surface area contributed by atoms with Crippen LogP contribution in [0.3, 0.4) is 0 Å². The van der Waals surface area contributed by atoms with Crippen LogP contribution in [0.15, 0.2) is 24.3 Å². The van der Waals surface area contributed by atoms with Crippen molar-refractivity contribution in [3.05, 3.63) is 29.8 Å². The Kier molecular flexibility index (Phi) is 3.82. The molecule has 0 heterocycles. The van der Waals surface area contributed by atoms with Crippen molar-refractivity contribution in [1.82, 2.24) is 5.32 Å². The number of primary amides is 1. The molecule has 0 radical (unpaired) electrons. The molecular formula is C16H21N3O2. The van der Waals surface area contributed by atoms with Crippen molar-refractivity contribution in [2.75, 3.05) is 11.9 Å². The summed E-state index contributed by atoms with van der Waals surface area (Å²) >= 11 is 0. The zero-order valence-corrected chi connectivity index (χ0v) is 12.0. The van der Waals surface area contributed by atoms with E-state index in [1.54, 1.807) is 24.3 Å². The Labute approximate surface area is 124 Å². The molecule has 5 heteroatoms. The van der Waals surface area contributed by atoms with E-state index in [-0.39, 0.29) is 12.5 Å². The van der Waals surface area contributed by atoms with Crippen molar-refractivity contribution in [2.24, 2.45) is 17.6 Å². The highest BCUT2D eigenvalue weighted by atomic mass is 16.2. The largest absolute Gasteiger partial charge is 0.376 e. The van der Waals surface area contributed by atoms with E-state index in [1.807, 2.05) is 0 Å². The lowest BCUT2D eigenvalue weighted by Crippen LogP contribution is -2.41. The minimum Gasteiger partial charge on any atom is -0.376 e. The summed E-state index contributed by atoms with van der Waals surface area (Å²) in [6, 6.07) is 7.20. The first-order valence-electron chi connectivity index (χ1n) is 7.56. The molecule has 4 N–H and O–H groups in total. The first kappa shape index (κ1) is 13.9. The number of rotatable bonds is 7. The number of carbonyl (C=O) groups is 2. The van der Waals surface area contributed by atoms with Crippen LogP contribution in [0.25, 0.3) is 0 Å². The zero-order valence-electron chi connectivity index (χ0n) is 12.0. The molecule has 0 bridgehead atoms. The number of benzene rings is 1. The molecule has 0 unspecified atom stereocenters. The SMILES string of the molecule is NC(=O)c1ccc(NCC(=O)NC(C2CC2)C2CC2)cc1. The van der Waals surface area contributed by atoms with Crippen LogP contribution in [-0.2, 0) is 4.79 Å². The van der Waals surface area contributed by atoms with Gasteiger partial charge in [-0.15, -0.1) is 0 Å². The summed E-state index contributed by atoms with van der Waals surface area (Å²) in [4.78, 5) is 23.0. The standard InChI is InChI=1S/C16H21N3O2/c17-16(21)12-5-7-13(8-6-12)18-9-14(20)19-15(10-1-2-10)11-3-4-11/h5-8,10-11,15,18H,1-4,9H2,(H2,17,21)(H,19,20). The Balaban J connectivity index is 1.47. The summed E-state index contributed by atoms with van der Waals surface area (Å²) in [5.41, 5.74) is 6.46. The highest BCUT2D eigenvalue weighted by Gasteiger charge is 2.42. The maximum atomic E-state index is 12.0. The lowest BCUT2D eigenvalue weighted by molar-refractivity contribution is -0.120. The van der Waals surface area contributed by atoms with Gasteiger partial charge < -0.3 is 16.4 Å². The molecule has 0 spiro atoms. The third-order valence-corrected chi connectivity index (χ3v) is 4.21. The minimum absolute atomic E-state index is 0.0396. The number of amides is 2. The maximum absolute atomic E-state index is 12.0. The fraction of sp³-hybridized carbons (Fsp3) is 0.500. The van der Waals surface area contributed by atoms with E-state index in [0.29, 0.717) is 23.4 Å². The molecule has 3 rings (SSSR count). The molecule has 5 nitrogen and oxygen atoms in total. The Morgan fingerprint density at radius 3 is 2.14 bits per heavy atom. The van der Waals surface area contributed by atoms with Gasteiger partial charge in [0.1, 0.15) is 0 Å². The van der Waals surface area contributed by atoms with Gasteiger partial charge in [0.2, 0.25) is 11.8 Å². The average Bonchev–Trinajstić information content (AvgIpc) is 3.36. The second-order valence-corrected chi connectivity index (χ2v) is 6.06. The van der Waals surface area contributed by atoms with Crippen LogP contribution in [0, 0.1) is 11.8 Å². The normalized spacial score (nSPS) is 17.6. The Hall–Kier alpha value is -2.04. The van der Waals surface area contributed by atoms with Gasteiger partial charge in [-0.05, 0) is 61.8 Å². The predicted molar refractivity (Wildman–Crippen MR) is 80.8 cm³/mol. The predicted octanol–water partition coefficient (Wildman–Crippen LogP) is 1.50. The summed E-state index contributed by atoms with van der Waals surface area (Å²) in [6.45, 7) is 0.256. The second kappa shape index (κ2) is 5.76. The summed E-state index contributed by atoms with van der Waals surface area (Å²) in [6.07, 6.45) is 5.01. The smallest absolute Gasteiger partial charge is 0.248 e. The number of hydrogen-bond donors (Lipinski definition) is 3. The molecule has 2 amide bonds. The average molecular weight is 287 g/mol. The molecule has 21 heavy (non-hydrogen) atoms. The van der Waals surface area contributed by atoms with E-state index >= 15 is 0 Å². The van der Waals surface area contributed by atoms with Crippen molar-refractivity contribution >= 4 is 17.5 Å². The van der Waals surface area contributed by atoms with Crippen LogP contribution < -0.4 is 16.4 Å². The molecule has 2 aliphatic carbocycles. The fourth-order valence-corrected chi connectivity index (χ4v) is 2.70. The van der Waals surface area contributed by atoms with Gasteiger partial charge in [-0.2, -0.15) is 0 Å². The van der Waals surface area contributed by atoms with Crippen molar-refractivity contribution < 1.29 is 9.59 Å². The topological polar surface area (TPSA) is 84.2 Å². The lowest BCUT2D eigenvalue weighted by atomic mass is 10.1. The molecular weight excluding hydrogens is 266 g/mol. The van der Waals surface area contributed by atoms with Crippen LogP contribution in [0.5, 0.6) is 0 Å². The van der Waals surface area contributed by atoms with Crippen molar-refractivity contribution in [2.45, 2.75) is 31.7 Å². The third kappa shape index (κ3) is 3.74. The van der Waals surface area contributed by atoms with Crippen LogP contribution in [0.1, 0.15) is 36.0 Å². The molecule has 0 atom stereocenters. The first-order valence-corrected chi connectivity index (χ1v) is 7.56. The van der Waals surface area contributed by atoms with E-state index in [1.165, 1.54) is 25.7 Å². The summed E-state index contributed by atoms with van der Waals surface area (Å²) in [5, 5.41) is 6.24. The number of hydrogen-bond acceptors (Lipinski definition) is 3. The van der Waals surface area contributed by atoms with Crippen LogP contribution in [0.4, 0.5) is 5.69 Å². The number of anilines is 1. The summed E-state index contributed by atoms with van der Waals surface area (Å²) in [7, 11) is 0. The Bertz CT molecular complexity index is 521. The third-order valence-electron chi connectivity index (χ3n) is 4.21. The quantitative estimate of drug-likeness (QED) is 0.710. The highest BCUT2D eigenvalue weighted by molar-refractivity contribution is 5.93. The van der Waals surface area contributed by atoms with Crippen LogP contribution in [-0.4, -0.2) is 24.4 Å². The summed E-state index contributed by atoms with van der Waals surface area (Å²) in [5.74, 6) is 1.00. The minimum atomic E-state index is -0.448. The van der Waals surface area contributed by atoms with Crippen molar-refractivity contribution in [3.8, 4) is 0 Å². The van der Waals surface area contributed by atoms with Crippen LogP contribution >= 0.6 is 0 Å². The van der Waals surface area contributed by atoms with Gasteiger partial charge in [0.15, 0.2) is 0 Å². The lowest BCUT2D eigenvalue weighted by Gasteiger charge is -2.18. The van der Waals surface area contributed by atoms with E-state index < -0.39 is 5.91 Å². The van der Waals surface area contributed by atoms with E-state index in [4.69, 9.17) is 5.73 Å². The Morgan fingerprint density at radius 1 is 1.10 bits per heavy atom. The van der Waals surface area contributed by atoms with Gasteiger partial charge in [0.25, 0.3) is 0 Å². The first-order chi connectivity index (χ1) is 10.1. The van der Waals surface area contributed by atoms with Gasteiger partial charge in [-0.3, -0.25) is 9.59 Å². The fourth-order valence-electron chi connectivity index (χ4n) is 2.70. The highest BCUT2D eigenvalue weighted by Crippen LogP contribution is 2.44. The molecule has 112 valence electrons. The molecule has 1 aromatic carbocycles. The van der Waals surface area contributed by atoms with E-state index in [9.17, 15) is 9.59 Å². The maximum Gasteiger partial charge on any atom is 0.248 e. The van der Waals surface area contributed by atoms with Gasteiger partial charge in [0.05, 0.1) is 6.54 Å². The molecule has 2 fully saturated rings. The molecule has 2 saturated carbocycles. The van der Waals surface area contributed by atoms with Gasteiger partial charge >= 0.3 is 0 Å². The van der Waals surface area contributed by atoms with E-state index in [0.717, 1.165) is 5.69 Å². The van der Waals surface area contributed by atoms with Gasteiger partial charge in [0, 0.05) is 17.3 Å². The van der Waals surface area contributed by atoms with Gasteiger partial charge in [-0.25, -0.2) is 0 Å². The number of nitrogens with one attached hydrogen (secondary N) is 2. The molecule has 0 aliphatic heterocycles. The monoisotopic (exact) mass is 287 g/mol.